The molecule has 4 heteroatoms. The number of hydrogen-bond acceptors (Lipinski definition) is 3. The minimum absolute atomic E-state index is 0.0638. The summed E-state index contributed by atoms with van der Waals surface area (Å²) in [4.78, 5) is 10.9. The standard InChI is InChI=1S/C7H16N2OS/c1-6(8)7(10)9-4-3-5-11-2/h6H,3-5,8H2,1-2H3,(H,9,10)/t6-/m0/s1. The van der Waals surface area contributed by atoms with Crippen molar-refractivity contribution in [2.45, 2.75) is 19.4 Å². The molecule has 11 heavy (non-hydrogen) atoms. The maximum Gasteiger partial charge on any atom is 0.236 e. The highest BCUT2D eigenvalue weighted by atomic mass is 32.2. The number of nitrogens with two attached hydrogens (primary N) is 1. The van der Waals surface area contributed by atoms with Crippen LogP contribution in [-0.2, 0) is 4.79 Å². The van der Waals surface area contributed by atoms with Gasteiger partial charge in [0, 0.05) is 6.54 Å². The molecule has 0 aromatic carbocycles. The second kappa shape index (κ2) is 6.49. The van der Waals surface area contributed by atoms with Crippen LogP contribution in [0.3, 0.4) is 0 Å². The molecular formula is C7H16N2OS. The highest BCUT2D eigenvalue weighted by molar-refractivity contribution is 7.98. The molecule has 1 amide bonds. The Morgan fingerprint density at radius 3 is 2.82 bits per heavy atom. The van der Waals surface area contributed by atoms with E-state index in [9.17, 15) is 4.79 Å². The van der Waals surface area contributed by atoms with Gasteiger partial charge in [0.05, 0.1) is 6.04 Å². The minimum Gasteiger partial charge on any atom is -0.355 e. The molecule has 1 atom stereocenters. The summed E-state index contributed by atoms with van der Waals surface area (Å²) in [6.07, 6.45) is 3.06. The minimum atomic E-state index is -0.385. The van der Waals surface area contributed by atoms with Gasteiger partial charge in [-0.1, -0.05) is 0 Å². The average molecular weight is 176 g/mol. The molecule has 0 fully saturated rings. The summed E-state index contributed by atoms with van der Waals surface area (Å²) >= 11 is 1.78. The summed E-state index contributed by atoms with van der Waals surface area (Å²) in [6.45, 7) is 2.42. The van der Waals surface area contributed by atoms with Crippen molar-refractivity contribution in [1.29, 1.82) is 0 Å². The second-order valence-corrected chi connectivity index (χ2v) is 3.41. The van der Waals surface area contributed by atoms with Crippen molar-refractivity contribution in [2.75, 3.05) is 18.6 Å². The third-order valence-corrected chi connectivity index (χ3v) is 1.93. The number of hydrogen-bond donors (Lipinski definition) is 2. The van der Waals surface area contributed by atoms with Crippen LogP contribution in [-0.4, -0.2) is 30.5 Å². The molecule has 0 unspecified atom stereocenters. The highest BCUT2D eigenvalue weighted by Crippen LogP contribution is 1.93. The van der Waals surface area contributed by atoms with Gasteiger partial charge >= 0.3 is 0 Å². The monoisotopic (exact) mass is 176 g/mol. The van der Waals surface area contributed by atoms with Gasteiger partial charge < -0.3 is 11.1 Å². The van der Waals surface area contributed by atoms with Gasteiger partial charge in [0.15, 0.2) is 0 Å². The molecule has 0 aliphatic heterocycles. The number of carbonyl (C=O) groups is 1. The maximum atomic E-state index is 10.9. The zero-order valence-corrected chi connectivity index (χ0v) is 7.91. The lowest BCUT2D eigenvalue weighted by atomic mass is 10.3. The highest BCUT2D eigenvalue weighted by Gasteiger charge is 2.04. The van der Waals surface area contributed by atoms with Gasteiger partial charge in [-0.05, 0) is 25.4 Å². The van der Waals surface area contributed by atoms with E-state index in [1.54, 1.807) is 18.7 Å². The lowest BCUT2D eigenvalue weighted by molar-refractivity contribution is -0.121. The fraction of sp³-hybridized carbons (Fsp3) is 0.857. The van der Waals surface area contributed by atoms with E-state index in [0.29, 0.717) is 0 Å². The molecule has 0 saturated carbocycles. The van der Waals surface area contributed by atoms with E-state index in [4.69, 9.17) is 5.73 Å². The molecule has 0 spiro atoms. The Morgan fingerprint density at radius 1 is 1.73 bits per heavy atom. The molecule has 0 aliphatic carbocycles. The summed E-state index contributed by atoms with van der Waals surface area (Å²) in [5.41, 5.74) is 5.33. The smallest absolute Gasteiger partial charge is 0.236 e. The van der Waals surface area contributed by atoms with Crippen molar-refractivity contribution in [2.24, 2.45) is 5.73 Å². The summed E-state index contributed by atoms with van der Waals surface area (Å²) in [5, 5.41) is 2.74. The molecule has 0 aromatic rings. The van der Waals surface area contributed by atoms with Crippen LogP contribution < -0.4 is 11.1 Å². The molecule has 66 valence electrons. The number of thioether (sulfide) groups is 1. The summed E-state index contributed by atoms with van der Waals surface area (Å²) in [5.74, 6) is 1.02. The Balaban J connectivity index is 3.18. The van der Waals surface area contributed by atoms with Crippen molar-refractivity contribution in [3.05, 3.63) is 0 Å². The van der Waals surface area contributed by atoms with Crippen molar-refractivity contribution in [1.82, 2.24) is 5.32 Å². The molecular weight excluding hydrogens is 160 g/mol. The third-order valence-electron chi connectivity index (χ3n) is 1.24. The topological polar surface area (TPSA) is 55.1 Å². The molecule has 0 aliphatic rings. The molecule has 0 radical (unpaired) electrons. The molecule has 3 nitrogen and oxygen atoms in total. The Bertz CT molecular complexity index is 117. The Labute approximate surface area is 72.1 Å². The van der Waals surface area contributed by atoms with E-state index < -0.39 is 0 Å². The first kappa shape index (κ1) is 10.8. The first-order valence-corrected chi connectivity index (χ1v) is 5.10. The van der Waals surface area contributed by atoms with Gasteiger partial charge in [-0.2, -0.15) is 11.8 Å². The summed E-state index contributed by atoms with van der Waals surface area (Å²) in [7, 11) is 0. The van der Waals surface area contributed by atoms with Crippen LogP contribution in [0.5, 0.6) is 0 Å². The van der Waals surface area contributed by atoms with Crippen LogP contribution in [0.1, 0.15) is 13.3 Å². The Hall–Kier alpha value is -0.220. The van der Waals surface area contributed by atoms with Crippen molar-refractivity contribution >= 4 is 17.7 Å². The van der Waals surface area contributed by atoms with Gasteiger partial charge in [-0.25, -0.2) is 0 Å². The van der Waals surface area contributed by atoms with E-state index >= 15 is 0 Å². The SMILES string of the molecule is CSCCCNC(=O)[C@H](C)N. The van der Waals surface area contributed by atoms with E-state index in [1.807, 2.05) is 6.26 Å². The van der Waals surface area contributed by atoms with Gasteiger partial charge in [0.1, 0.15) is 0 Å². The first-order valence-electron chi connectivity index (χ1n) is 3.70. The van der Waals surface area contributed by atoms with Crippen LogP contribution in [0.15, 0.2) is 0 Å². The van der Waals surface area contributed by atoms with E-state index in [-0.39, 0.29) is 11.9 Å². The van der Waals surface area contributed by atoms with Crippen LogP contribution in [0.25, 0.3) is 0 Å². The number of rotatable bonds is 5. The fourth-order valence-electron chi connectivity index (χ4n) is 0.589. The van der Waals surface area contributed by atoms with Crippen molar-refractivity contribution < 1.29 is 4.79 Å². The van der Waals surface area contributed by atoms with Gasteiger partial charge in [0.25, 0.3) is 0 Å². The predicted octanol–water partition coefficient (Wildman–Crippen LogP) is 0.203. The summed E-state index contributed by atoms with van der Waals surface area (Å²) < 4.78 is 0. The predicted molar refractivity (Wildman–Crippen MR) is 49.7 cm³/mol. The molecule has 0 bridgehead atoms. The van der Waals surface area contributed by atoms with Gasteiger partial charge in [-0.15, -0.1) is 0 Å². The maximum absolute atomic E-state index is 10.9. The second-order valence-electron chi connectivity index (χ2n) is 2.43. The Kier molecular flexibility index (Phi) is 6.36. The van der Waals surface area contributed by atoms with Gasteiger partial charge in [0.2, 0.25) is 5.91 Å². The van der Waals surface area contributed by atoms with E-state index in [1.165, 1.54) is 0 Å². The zero-order valence-electron chi connectivity index (χ0n) is 7.09. The molecule has 0 aromatic heterocycles. The quantitative estimate of drug-likeness (QED) is 0.588. The lowest BCUT2D eigenvalue weighted by Crippen LogP contribution is -2.38. The van der Waals surface area contributed by atoms with E-state index in [2.05, 4.69) is 5.32 Å². The molecule has 0 rings (SSSR count). The van der Waals surface area contributed by atoms with Gasteiger partial charge in [-0.3, -0.25) is 4.79 Å². The Morgan fingerprint density at radius 2 is 2.36 bits per heavy atom. The summed E-state index contributed by atoms with van der Waals surface area (Å²) in [6, 6.07) is -0.385. The number of nitrogens with one attached hydrogen (secondary N) is 1. The molecule has 0 heterocycles. The molecule has 0 saturated heterocycles. The van der Waals surface area contributed by atoms with Crippen LogP contribution >= 0.6 is 11.8 Å². The number of carbonyl (C=O) groups excluding carboxylic acids is 1. The molecule has 3 N–H and O–H groups in total. The lowest BCUT2D eigenvalue weighted by Gasteiger charge is -2.06. The van der Waals surface area contributed by atoms with Crippen LogP contribution in [0.2, 0.25) is 0 Å². The third kappa shape index (κ3) is 6.19. The van der Waals surface area contributed by atoms with E-state index in [0.717, 1.165) is 18.7 Å². The van der Waals surface area contributed by atoms with Crippen molar-refractivity contribution in [3.63, 3.8) is 0 Å². The van der Waals surface area contributed by atoms with Crippen LogP contribution in [0, 0.1) is 0 Å². The largest absolute Gasteiger partial charge is 0.355 e. The average Bonchev–Trinajstić information content (AvgIpc) is 1.97. The normalized spacial score (nSPS) is 12.6. The number of amides is 1. The van der Waals surface area contributed by atoms with Crippen molar-refractivity contribution in [3.8, 4) is 0 Å². The zero-order chi connectivity index (χ0) is 8.69. The fourth-order valence-corrected chi connectivity index (χ4v) is 1.02. The van der Waals surface area contributed by atoms with Crippen LogP contribution in [0.4, 0.5) is 0 Å². The first-order chi connectivity index (χ1) is 5.18.